The lowest BCUT2D eigenvalue weighted by molar-refractivity contribution is -0.136. The van der Waals surface area contributed by atoms with Crippen LogP contribution in [-0.4, -0.2) is 30.5 Å². The van der Waals surface area contributed by atoms with Crippen LogP contribution in [0.4, 0.5) is 35.1 Å². The van der Waals surface area contributed by atoms with Crippen molar-refractivity contribution in [1.29, 1.82) is 0 Å². The Morgan fingerprint density at radius 3 is 1.71 bits per heavy atom. The van der Waals surface area contributed by atoms with Crippen LogP contribution in [0.1, 0.15) is 16.7 Å². The van der Waals surface area contributed by atoms with E-state index in [1.54, 1.807) is 0 Å². The number of hydrogen-bond acceptors (Lipinski definition) is 8. The van der Waals surface area contributed by atoms with Gasteiger partial charge in [0.1, 0.15) is 11.5 Å². The van der Waals surface area contributed by atoms with Crippen LogP contribution in [0.2, 0.25) is 0 Å². The zero-order chi connectivity index (χ0) is 31.5. The molecule has 0 fully saturated rings. The zero-order valence-electron chi connectivity index (χ0n) is 20.2. The summed E-state index contributed by atoms with van der Waals surface area (Å²) in [5, 5.41) is -0.750. The van der Waals surface area contributed by atoms with Crippen molar-refractivity contribution in [3.05, 3.63) is 82.2 Å². The van der Waals surface area contributed by atoms with Gasteiger partial charge in [0.2, 0.25) is 5.82 Å². The maximum atomic E-state index is 14.6. The molecule has 42 heavy (non-hydrogen) atoms. The summed E-state index contributed by atoms with van der Waals surface area (Å²) in [7, 11) is -10.9. The Bertz CT molecular complexity index is 1930. The van der Waals surface area contributed by atoms with E-state index < -0.39 is 96.1 Å². The first kappa shape index (κ1) is 31.0. The minimum Gasteiger partial charge on any atom is -0.716 e. The largest absolute Gasteiger partial charge is 0.716 e. The third-order valence-electron chi connectivity index (χ3n) is 5.83. The van der Waals surface area contributed by atoms with Crippen LogP contribution in [0.25, 0.3) is 22.2 Å². The van der Waals surface area contributed by atoms with Gasteiger partial charge in [0.05, 0.1) is 23.3 Å². The Labute approximate surface area is 230 Å². The number of nitrogens with zero attached hydrogens (tertiary/aromatic N) is 1. The normalized spacial score (nSPS) is 12.6. The average Bonchev–Trinajstić information content (AvgIpc) is 3.12. The number of fused-ring (bicyclic) bond motifs is 1. The fraction of sp³-hybridized carbons (Fsp3) is 0.130. The molecule has 0 saturated carbocycles. The predicted molar refractivity (Wildman–Crippen MR) is 123 cm³/mol. The standard InChI is InChI=1S/C23H13F8NO8S2/c1-9-16-14(23(29,30)31)6-12(40-42(36,37)38)7-15(16)32(8-13-17(24)19(26)21(28)20(27)18(13)25)22(9)10-2-4-11(5-3-10)39-41(33,34)35/h2-7H,8H2,1H3,(H,33,34,35)(H,36,37,38)/p-2. The summed E-state index contributed by atoms with van der Waals surface area (Å²) in [6.45, 7) is -0.275. The zero-order valence-corrected chi connectivity index (χ0v) is 21.9. The van der Waals surface area contributed by atoms with Crippen LogP contribution in [0.15, 0.2) is 36.4 Å². The van der Waals surface area contributed by atoms with Crippen LogP contribution < -0.4 is 8.37 Å². The van der Waals surface area contributed by atoms with Crippen LogP contribution in [0.5, 0.6) is 11.5 Å². The van der Waals surface area contributed by atoms with Crippen molar-refractivity contribution in [3.8, 4) is 22.8 Å². The molecular weight excluding hydrogens is 634 g/mol. The van der Waals surface area contributed by atoms with E-state index in [0.29, 0.717) is 10.6 Å². The number of aromatic nitrogens is 1. The number of halogens is 8. The molecule has 19 heteroatoms. The smallest absolute Gasteiger partial charge is 0.417 e. The first-order valence-electron chi connectivity index (χ1n) is 10.8. The van der Waals surface area contributed by atoms with Crippen molar-refractivity contribution < 1.29 is 69.4 Å². The van der Waals surface area contributed by atoms with E-state index in [2.05, 4.69) is 8.37 Å². The van der Waals surface area contributed by atoms with Gasteiger partial charge in [-0.15, -0.1) is 0 Å². The summed E-state index contributed by atoms with van der Waals surface area (Å²) < 4.78 is 188. The van der Waals surface area contributed by atoms with E-state index in [4.69, 9.17) is 0 Å². The van der Waals surface area contributed by atoms with Crippen molar-refractivity contribution in [2.75, 3.05) is 0 Å². The van der Waals surface area contributed by atoms with Crippen molar-refractivity contribution in [1.82, 2.24) is 4.57 Å². The molecule has 0 unspecified atom stereocenters. The Morgan fingerprint density at radius 2 is 1.24 bits per heavy atom. The lowest BCUT2D eigenvalue weighted by Crippen LogP contribution is -2.13. The summed E-state index contributed by atoms with van der Waals surface area (Å²) in [5.74, 6) is -13.6. The third kappa shape index (κ3) is 5.98. The number of aryl methyl sites for hydroxylation is 1. The molecule has 0 atom stereocenters. The summed E-state index contributed by atoms with van der Waals surface area (Å²) in [5.41, 5.74) is -4.69. The number of benzene rings is 3. The van der Waals surface area contributed by atoms with Gasteiger partial charge in [-0.1, -0.05) is 0 Å². The molecule has 0 aliphatic rings. The number of rotatable bonds is 7. The highest BCUT2D eigenvalue weighted by molar-refractivity contribution is 7.81. The highest BCUT2D eigenvalue weighted by Crippen LogP contribution is 2.44. The second kappa shape index (κ2) is 10.4. The maximum absolute atomic E-state index is 14.6. The molecule has 1 aromatic heterocycles. The predicted octanol–water partition coefficient (Wildman–Crippen LogP) is 5.06. The van der Waals surface area contributed by atoms with Crippen LogP contribution >= 0.6 is 0 Å². The van der Waals surface area contributed by atoms with Crippen molar-refractivity contribution in [3.63, 3.8) is 0 Å². The molecule has 0 spiro atoms. The van der Waals surface area contributed by atoms with E-state index in [1.807, 2.05) is 0 Å². The fourth-order valence-corrected chi connectivity index (χ4v) is 4.99. The van der Waals surface area contributed by atoms with E-state index in [-0.39, 0.29) is 22.9 Å². The van der Waals surface area contributed by atoms with Crippen LogP contribution in [0, 0.1) is 36.0 Å². The molecule has 0 radical (unpaired) electrons. The van der Waals surface area contributed by atoms with Gasteiger partial charge in [0.15, 0.2) is 23.3 Å². The fourth-order valence-electron chi connectivity index (χ4n) is 4.31. The van der Waals surface area contributed by atoms with Crippen LogP contribution in [-0.2, 0) is 33.5 Å². The SMILES string of the molecule is Cc1c(-c2ccc(OS(=O)(=O)[O-])cc2)n(Cc2c(F)c(F)c(F)c(F)c2F)c2cc(OS(=O)(=O)[O-])cc(C(F)(F)F)c12. The van der Waals surface area contributed by atoms with Crippen LogP contribution in [0.3, 0.4) is 0 Å². The molecule has 0 aliphatic heterocycles. The molecule has 9 nitrogen and oxygen atoms in total. The first-order chi connectivity index (χ1) is 19.2. The van der Waals surface area contributed by atoms with E-state index in [9.17, 15) is 61.1 Å². The molecule has 3 aromatic carbocycles. The molecule has 4 rings (SSSR count). The number of alkyl halides is 3. The van der Waals surface area contributed by atoms with Gasteiger partial charge in [-0.05, 0) is 48.4 Å². The van der Waals surface area contributed by atoms with Gasteiger partial charge in [0, 0.05) is 17.0 Å². The first-order valence-corrected chi connectivity index (χ1v) is 13.5. The highest BCUT2D eigenvalue weighted by atomic mass is 32.3. The van der Waals surface area contributed by atoms with Gasteiger partial charge in [-0.3, -0.25) is 0 Å². The monoisotopic (exact) mass is 645 g/mol. The van der Waals surface area contributed by atoms with E-state index in [1.165, 1.54) is 0 Å². The van der Waals surface area contributed by atoms with Gasteiger partial charge in [0.25, 0.3) is 20.8 Å². The second-order valence-corrected chi connectivity index (χ2v) is 10.4. The highest BCUT2D eigenvalue weighted by Gasteiger charge is 2.37. The molecule has 226 valence electrons. The molecule has 0 N–H and O–H groups in total. The summed E-state index contributed by atoms with van der Waals surface area (Å²) in [6.07, 6.45) is -5.27. The van der Waals surface area contributed by atoms with E-state index >= 15 is 0 Å². The lowest BCUT2D eigenvalue weighted by Gasteiger charge is -2.16. The van der Waals surface area contributed by atoms with Gasteiger partial charge < -0.3 is 22.0 Å². The molecule has 4 aromatic rings. The summed E-state index contributed by atoms with van der Waals surface area (Å²) in [4.78, 5) is 0. The minimum atomic E-state index is -5.66. The van der Waals surface area contributed by atoms with Crippen molar-refractivity contribution in [2.45, 2.75) is 19.6 Å². The third-order valence-corrected chi connectivity index (χ3v) is 6.62. The Balaban J connectivity index is 2.11. The average molecular weight is 645 g/mol. The summed E-state index contributed by atoms with van der Waals surface area (Å²) in [6, 6.07) is 4.42. The Hall–Kier alpha value is -3.94. The lowest BCUT2D eigenvalue weighted by atomic mass is 10.0. The van der Waals surface area contributed by atoms with Gasteiger partial charge >= 0.3 is 6.18 Å². The molecule has 0 aliphatic carbocycles. The maximum Gasteiger partial charge on any atom is 0.417 e. The number of hydrogen-bond donors (Lipinski definition) is 0. The molecular formula is C23H11F8NO8S2-2. The molecule has 1 heterocycles. The second-order valence-electron chi connectivity index (χ2n) is 8.48. The Morgan fingerprint density at radius 1 is 0.762 bits per heavy atom. The van der Waals surface area contributed by atoms with E-state index in [0.717, 1.165) is 31.2 Å². The summed E-state index contributed by atoms with van der Waals surface area (Å²) >= 11 is 0. The Kier molecular flexibility index (Phi) is 7.68. The molecule has 0 saturated heterocycles. The van der Waals surface area contributed by atoms with Gasteiger partial charge in [-0.2, -0.15) is 13.2 Å². The van der Waals surface area contributed by atoms with Gasteiger partial charge in [-0.25, -0.2) is 38.8 Å². The molecule has 0 bridgehead atoms. The van der Waals surface area contributed by atoms with Crippen molar-refractivity contribution in [2.24, 2.45) is 0 Å². The van der Waals surface area contributed by atoms with Crippen molar-refractivity contribution >= 4 is 31.7 Å². The topological polar surface area (TPSA) is 138 Å². The molecule has 0 amide bonds. The quantitative estimate of drug-likeness (QED) is 0.0895. The minimum absolute atomic E-state index is 0.146.